The van der Waals surface area contributed by atoms with Crippen LogP contribution in [0.25, 0.3) is 0 Å². The van der Waals surface area contributed by atoms with Gasteiger partial charge in [0.05, 0.1) is 23.5 Å². The molecule has 1 N–H and O–H groups in total. The summed E-state index contributed by atoms with van der Waals surface area (Å²) in [5, 5.41) is 11.6. The summed E-state index contributed by atoms with van der Waals surface area (Å²) in [5.41, 5.74) is 2.62. The highest BCUT2D eigenvalue weighted by molar-refractivity contribution is 6.04. The lowest BCUT2D eigenvalue weighted by atomic mass is 10.1. The van der Waals surface area contributed by atoms with Gasteiger partial charge in [-0.2, -0.15) is 5.26 Å². The van der Waals surface area contributed by atoms with Crippen LogP contribution in [0, 0.1) is 18.3 Å². The molecule has 1 amide bonds. The van der Waals surface area contributed by atoms with Crippen LogP contribution in [0.2, 0.25) is 0 Å². The molecule has 0 bridgehead atoms. The van der Waals surface area contributed by atoms with Crippen LogP contribution < -0.4 is 10.1 Å². The molecule has 0 atom stereocenters. The van der Waals surface area contributed by atoms with Crippen LogP contribution in [0.4, 0.5) is 5.69 Å². The van der Waals surface area contributed by atoms with Crippen molar-refractivity contribution in [2.45, 2.75) is 6.92 Å². The second-order valence-corrected chi connectivity index (χ2v) is 5.18. The minimum atomic E-state index is -0.229. The summed E-state index contributed by atoms with van der Waals surface area (Å²) in [6, 6.07) is 15.9. The van der Waals surface area contributed by atoms with Gasteiger partial charge in [-0.1, -0.05) is 0 Å². The summed E-state index contributed by atoms with van der Waals surface area (Å²) in [6.45, 7) is 1.89. The zero-order valence-electron chi connectivity index (χ0n) is 12.9. The Morgan fingerprint density at radius 3 is 2.50 bits per heavy atom. The Labute approximate surface area is 139 Å². The van der Waals surface area contributed by atoms with E-state index in [2.05, 4.69) is 11.4 Å². The summed E-state index contributed by atoms with van der Waals surface area (Å²) >= 11 is 0. The molecule has 3 aromatic rings. The van der Waals surface area contributed by atoms with Gasteiger partial charge in [-0.15, -0.1) is 0 Å². The number of hydrogen-bond donors (Lipinski definition) is 1. The van der Waals surface area contributed by atoms with Crippen molar-refractivity contribution in [1.82, 2.24) is 0 Å². The van der Waals surface area contributed by atoms with Gasteiger partial charge in [0.25, 0.3) is 5.91 Å². The number of furan rings is 1. The first-order valence-electron chi connectivity index (χ1n) is 7.28. The van der Waals surface area contributed by atoms with E-state index in [0.717, 1.165) is 5.56 Å². The third-order valence-electron chi connectivity index (χ3n) is 3.45. The maximum Gasteiger partial charge on any atom is 0.258 e. The quantitative estimate of drug-likeness (QED) is 0.768. The topological polar surface area (TPSA) is 75.3 Å². The van der Waals surface area contributed by atoms with E-state index >= 15 is 0 Å². The molecule has 0 spiro atoms. The zero-order valence-corrected chi connectivity index (χ0v) is 12.9. The molecule has 1 aromatic heterocycles. The van der Waals surface area contributed by atoms with Gasteiger partial charge >= 0.3 is 0 Å². The Hall–Kier alpha value is -3.52. The Kier molecular flexibility index (Phi) is 4.30. The van der Waals surface area contributed by atoms with Crippen LogP contribution in [0.3, 0.4) is 0 Å². The van der Waals surface area contributed by atoms with Gasteiger partial charge in [0.15, 0.2) is 0 Å². The molecular formula is C19H14N2O3. The number of hydrogen-bond acceptors (Lipinski definition) is 4. The molecule has 0 unspecified atom stereocenters. The highest BCUT2D eigenvalue weighted by atomic mass is 16.5. The molecule has 0 fully saturated rings. The van der Waals surface area contributed by atoms with Crippen molar-refractivity contribution in [2.75, 3.05) is 5.32 Å². The first-order valence-corrected chi connectivity index (χ1v) is 7.28. The van der Waals surface area contributed by atoms with Gasteiger partial charge in [0.1, 0.15) is 17.8 Å². The van der Waals surface area contributed by atoms with E-state index in [0.29, 0.717) is 28.3 Å². The number of benzene rings is 2. The lowest BCUT2D eigenvalue weighted by molar-refractivity contribution is 0.102. The summed E-state index contributed by atoms with van der Waals surface area (Å²) in [7, 11) is 0. The largest absolute Gasteiger partial charge is 0.472 e. The van der Waals surface area contributed by atoms with E-state index in [4.69, 9.17) is 14.4 Å². The fourth-order valence-corrected chi connectivity index (χ4v) is 2.16. The van der Waals surface area contributed by atoms with Crippen molar-refractivity contribution in [3.05, 3.63) is 77.7 Å². The molecule has 0 aliphatic rings. The van der Waals surface area contributed by atoms with Gasteiger partial charge in [-0.3, -0.25) is 4.79 Å². The first-order chi connectivity index (χ1) is 11.7. The number of carbonyl (C=O) groups excluding carboxylic acids is 1. The summed E-state index contributed by atoms with van der Waals surface area (Å²) < 4.78 is 10.7. The number of ether oxygens (including phenoxy) is 1. The molecule has 0 aliphatic carbocycles. The molecule has 2 aromatic carbocycles. The number of rotatable bonds is 4. The van der Waals surface area contributed by atoms with E-state index in [-0.39, 0.29) is 5.91 Å². The van der Waals surface area contributed by atoms with Crippen molar-refractivity contribution < 1.29 is 13.9 Å². The van der Waals surface area contributed by atoms with E-state index in [9.17, 15) is 4.79 Å². The fourth-order valence-electron chi connectivity index (χ4n) is 2.16. The second-order valence-electron chi connectivity index (χ2n) is 5.18. The number of nitrogens with one attached hydrogen (secondary N) is 1. The number of nitriles is 1. The van der Waals surface area contributed by atoms with Crippen LogP contribution in [-0.2, 0) is 0 Å². The summed E-state index contributed by atoms with van der Waals surface area (Å²) in [4.78, 5) is 12.0. The average molecular weight is 318 g/mol. The number of nitrogens with zero attached hydrogens (tertiary/aromatic N) is 1. The van der Waals surface area contributed by atoms with E-state index < -0.39 is 0 Å². The molecule has 3 rings (SSSR count). The molecule has 0 saturated heterocycles. The number of aryl methyl sites for hydroxylation is 1. The normalized spacial score (nSPS) is 10.0. The SMILES string of the molecule is Cc1cc(Oc2ccc(C#N)cc2)ccc1NC(=O)c1ccoc1. The van der Waals surface area contributed by atoms with Crippen molar-refractivity contribution in [1.29, 1.82) is 5.26 Å². The molecule has 0 aliphatic heterocycles. The number of amides is 1. The highest BCUT2D eigenvalue weighted by Crippen LogP contribution is 2.26. The summed E-state index contributed by atoms with van der Waals surface area (Å²) in [5.74, 6) is 1.06. The van der Waals surface area contributed by atoms with E-state index in [1.807, 2.05) is 13.0 Å². The van der Waals surface area contributed by atoms with Gasteiger partial charge in [0.2, 0.25) is 0 Å². The standard InChI is InChI=1S/C19H14N2O3/c1-13-10-17(24-16-4-2-14(11-20)3-5-16)6-7-18(13)21-19(22)15-8-9-23-12-15/h2-10,12H,1H3,(H,21,22). The predicted molar refractivity (Wildman–Crippen MR) is 89.1 cm³/mol. The van der Waals surface area contributed by atoms with Crippen LogP contribution in [0.15, 0.2) is 65.5 Å². The Morgan fingerprint density at radius 2 is 1.88 bits per heavy atom. The van der Waals surface area contributed by atoms with Gasteiger partial charge < -0.3 is 14.5 Å². The summed E-state index contributed by atoms with van der Waals surface area (Å²) in [6.07, 6.45) is 2.85. The lowest BCUT2D eigenvalue weighted by Crippen LogP contribution is -2.11. The van der Waals surface area contributed by atoms with Crippen LogP contribution >= 0.6 is 0 Å². The molecule has 118 valence electrons. The molecular weight excluding hydrogens is 304 g/mol. The van der Waals surface area contributed by atoms with Gasteiger partial charge in [-0.25, -0.2) is 0 Å². The first kappa shape index (κ1) is 15.4. The van der Waals surface area contributed by atoms with E-state index in [1.165, 1.54) is 12.5 Å². The van der Waals surface area contributed by atoms with Gasteiger partial charge in [0, 0.05) is 5.69 Å². The molecule has 5 heteroatoms. The number of carbonyl (C=O) groups is 1. The second kappa shape index (κ2) is 6.71. The van der Waals surface area contributed by atoms with Crippen LogP contribution in [-0.4, -0.2) is 5.91 Å². The zero-order chi connectivity index (χ0) is 16.9. The number of anilines is 1. The molecule has 5 nitrogen and oxygen atoms in total. The van der Waals surface area contributed by atoms with Crippen molar-refractivity contribution >= 4 is 11.6 Å². The highest BCUT2D eigenvalue weighted by Gasteiger charge is 2.09. The molecule has 0 radical (unpaired) electrons. The van der Waals surface area contributed by atoms with Crippen LogP contribution in [0.5, 0.6) is 11.5 Å². The third kappa shape index (κ3) is 3.45. The van der Waals surface area contributed by atoms with Crippen LogP contribution in [0.1, 0.15) is 21.5 Å². The molecule has 1 heterocycles. The average Bonchev–Trinajstić information content (AvgIpc) is 3.13. The molecule has 24 heavy (non-hydrogen) atoms. The Morgan fingerprint density at radius 1 is 1.12 bits per heavy atom. The third-order valence-corrected chi connectivity index (χ3v) is 3.45. The van der Waals surface area contributed by atoms with Crippen molar-refractivity contribution in [3.8, 4) is 17.6 Å². The maximum absolute atomic E-state index is 12.0. The Bertz CT molecular complexity index is 891. The minimum Gasteiger partial charge on any atom is -0.472 e. The maximum atomic E-state index is 12.0. The predicted octanol–water partition coefficient (Wildman–Crippen LogP) is 4.50. The Balaban J connectivity index is 1.72. The smallest absolute Gasteiger partial charge is 0.258 e. The van der Waals surface area contributed by atoms with Crippen molar-refractivity contribution in [3.63, 3.8) is 0 Å². The molecule has 0 saturated carbocycles. The van der Waals surface area contributed by atoms with Gasteiger partial charge in [-0.05, 0) is 61.0 Å². The van der Waals surface area contributed by atoms with Crippen molar-refractivity contribution in [2.24, 2.45) is 0 Å². The lowest BCUT2D eigenvalue weighted by Gasteiger charge is -2.11. The van der Waals surface area contributed by atoms with E-state index in [1.54, 1.807) is 42.5 Å². The monoisotopic (exact) mass is 318 g/mol. The minimum absolute atomic E-state index is 0.229. The fraction of sp³-hybridized carbons (Fsp3) is 0.0526.